The molecule has 0 saturated carbocycles. The maximum atomic E-state index is 12.4. The summed E-state index contributed by atoms with van der Waals surface area (Å²) in [6, 6.07) is 13.1. The second-order valence-electron chi connectivity index (χ2n) is 6.00. The van der Waals surface area contributed by atoms with Gasteiger partial charge in [-0.05, 0) is 55.0 Å². The van der Waals surface area contributed by atoms with Crippen molar-refractivity contribution in [2.75, 3.05) is 13.2 Å². The van der Waals surface area contributed by atoms with Crippen LogP contribution in [-0.4, -0.2) is 37.2 Å². The smallest absolute Gasteiger partial charge is 0.251 e. The molecule has 7 heteroatoms. The monoisotopic (exact) mass is 374 g/mol. The van der Waals surface area contributed by atoms with Crippen LogP contribution in [0.1, 0.15) is 27.1 Å². The maximum Gasteiger partial charge on any atom is 0.251 e. The molecule has 3 N–H and O–H groups in total. The summed E-state index contributed by atoms with van der Waals surface area (Å²) in [6.45, 7) is 0.912. The number of carbonyl (C=O) groups excluding carboxylic acids is 2. The van der Waals surface area contributed by atoms with E-state index in [1.807, 2.05) is 0 Å². The largest absolute Gasteiger partial charge is 0.486 e. The van der Waals surface area contributed by atoms with Crippen LogP contribution in [0.3, 0.4) is 0 Å². The summed E-state index contributed by atoms with van der Waals surface area (Å²) in [7, 11) is 0. The molecule has 6 nitrogen and oxygen atoms in total. The van der Waals surface area contributed by atoms with E-state index in [-0.39, 0.29) is 18.1 Å². The van der Waals surface area contributed by atoms with Gasteiger partial charge in [-0.3, -0.25) is 9.59 Å². The molecular weight excluding hydrogens is 356 g/mol. The molecule has 1 aliphatic rings. The molecule has 2 aromatic carbocycles. The van der Waals surface area contributed by atoms with Gasteiger partial charge in [0.2, 0.25) is 5.91 Å². The lowest BCUT2D eigenvalue weighted by Gasteiger charge is -2.32. The molecule has 0 aromatic heterocycles. The van der Waals surface area contributed by atoms with Crippen LogP contribution in [0.25, 0.3) is 0 Å². The van der Waals surface area contributed by atoms with Crippen molar-refractivity contribution in [3.8, 4) is 5.75 Å². The van der Waals surface area contributed by atoms with Gasteiger partial charge in [0, 0.05) is 22.8 Å². The summed E-state index contributed by atoms with van der Waals surface area (Å²) in [5.74, 6) is -0.104. The van der Waals surface area contributed by atoms with E-state index < -0.39 is 5.91 Å². The van der Waals surface area contributed by atoms with Crippen LogP contribution >= 0.6 is 11.6 Å². The predicted molar refractivity (Wildman–Crippen MR) is 97.5 cm³/mol. The summed E-state index contributed by atoms with van der Waals surface area (Å²) < 4.78 is 11.4. The number of hydrogen-bond acceptors (Lipinski definition) is 4. The fourth-order valence-electron chi connectivity index (χ4n) is 2.72. The average Bonchev–Trinajstić information content (AvgIpc) is 2.64. The number of rotatable bonds is 5. The van der Waals surface area contributed by atoms with E-state index in [4.69, 9.17) is 26.8 Å². The number of benzene rings is 2. The first-order valence-corrected chi connectivity index (χ1v) is 8.61. The van der Waals surface area contributed by atoms with Gasteiger partial charge in [0.15, 0.2) is 0 Å². The molecule has 26 heavy (non-hydrogen) atoms. The highest BCUT2D eigenvalue weighted by Crippen LogP contribution is 2.19. The summed E-state index contributed by atoms with van der Waals surface area (Å²) in [4.78, 5) is 23.6. The molecule has 2 amide bonds. The third-order valence-electron chi connectivity index (χ3n) is 4.15. The van der Waals surface area contributed by atoms with Crippen LogP contribution in [-0.2, 0) is 4.74 Å². The Hall–Kier alpha value is -2.57. The highest BCUT2D eigenvalue weighted by Gasteiger charge is 2.29. The fourth-order valence-corrected chi connectivity index (χ4v) is 2.84. The van der Waals surface area contributed by atoms with Gasteiger partial charge in [-0.15, -0.1) is 0 Å². The first kappa shape index (κ1) is 18.2. The van der Waals surface area contributed by atoms with E-state index >= 15 is 0 Å². The average molecular weight is 375 g/mol. The lowest BCUT2D eigenvalue weighted by Crippen LogP contribution is -2.51. The molecule has 2 aromatic rings. The van der Waals surface area contributed by atoms with Crippen molar-refractivity contribution in [2.45, 2.75) is 18.6 Å². The Morgan fingerprint density at radius 3 is 2.38 bits per heavy atom. The molecule has 3 rings (SSSR count). The zero-order valence-electron chi connectivity index (χ0n) is 14.0. The molecule has 2 unspecified atom stereocenters. The zero-order valence-corrected chi connectivity index (χ0v) is 14.7. The van der Waals surface area contributed by atoms with Crippen molar-refractivity contribution < 1.29 is 19.1 Å². The molecule has 0 aliphatic carbocycles. The van der Waals surface area contributed by atoms with Crippen molar-refractivity contribution in [2.24, 2.45) is 5.73 Å². The number of nitrogens with two attached hydrogens (primary N) is 1. The Morgan fingerprint density at radius 2 is 1.73 bits per heavy atom. The molecule has 1 heterocycles. The van der Waals surface area contributed by atoms with Crippen molar-refractivity contribution in [1.82, 2.24) is 5.32 Å². The Labute approximate surface area is 156 Å². The highest BCUT2D eigenvalue weighted by molar-refractivity contribution is 6.30. The van der Waals surface area contributed by atoms with Gasteiger partial charge in [0.05, 0.1) is 12.6 Å². The van der Waals surface area contributed by atoms with Gasteiger partial charge in [0.25, 0.3) is 5.91 Å². The van der Waals surface area contributed by atoms with Gasteiger partial charge < -0.3 is 20.5 Å². The van der Waals surface area contributed by atoms with Gasteiger partial charge in [-0.25, -0.2) is 0 Å². The maximum absolute atomic E-state index is 12.4. The zero-order chi connectivity index (χ0) is 18.5. The normalized spacial score (nSPS) is 19.6. The molecule has 1 fully saturated rings. The van der Waals surface area contributed by atoms with Crippen LogP contribution in [0.5, 0.6) is 5.75 Å². The van der Waals surface area contributed by atoms with Crippen LogP contribution in [0.15, 0.2) is 48.5 Å². The number of halogens is 1. The van der Waals surface area contributed by atoms with E-state index in [1.165, 1.54) is 0 Å². The first-order chi connectivity index (χ1) is 12.5. The van der Waals surface area contributed by atoms with Crippen molar-refractivity contribution in [3.05, 3.63) is 64.7 Å². The van der Waals surface area contributed by atoms with E-state index in [0.29, 0.717) is 41.5 Å². The second kappa shape index (κ2) is 8.21. The van der Waals surface area contributed by atoms with Crippen molar-refractivity contribution in [1.29, 1.82) is 0 Å². The molecule has 136 valence electrons. The van der Waals surface area contributed by atoms with Crippen molar-refractivity contribution >= 4 is 23.4 Å². The van der Waals surface area contributed by atoms with E-state index in [0.717, 1.165) is 0 Å². The van der Waals surface area contributed by atoms with Gasteiger partial charge >= 0.3 is 0 Å². The van der Waals surface area contributed by atoms with E-state index in [1.54, 1.807) is 48.5 Å². The minimum Gasteiger partial charge on any atom is -0.486 e. The predicted octanol–water partition coefficient (Wildman–Crippen LogP) is 2.41. The number of nitrogens with one attached hydrogen (secondary N) is 1. The first-order valence-electron chi connectivity index (χ1n) is 8.23. The lowest BCUT2D eigenvalue weighted by atomic mass is 10.0. The third kappa shape index (κ3) is 4.53. The SMILES string of the molecule is NC(=O)c1ccc(OC2COCCC2NC(=O)c2ccc(Cl)cc2)cc1. The molecule has 1 saturated heterocycles. The number of hydrogen-bond donors (Lipinski definition) is 2. The molecule has 0 spiro atoms. The lowest BCUT2D eigenvalue weighted by molar-refractivity contribution is -0.0135. The van der Waals surface area contributed by atoms with Crippen LogP contribution in [0.2, 0.25) is 5.02 Å². The standard InChI is InChI=1S/C19H19ClN2O4/c20-14-5-1-13(2-6-14)19(24)22-16-9-10-25-11-17(16)26-15-7-3-12(4-8-15)18(21)23/h1-8,16-17H,9-11H2,(H2,21,23)(H,22,24). The van der Waals surface area contributed by atoms with Crippen LogP contribution < -0.4 is 15.8 Å². The molecule has 0 bridgehead atoms. The molecule has 0 radical (unpaired) electrons. The van der Waals surface area contributed by atoms with Gasteiger partial charge in [-0.1, -0.05) is 11.6 Å². The number of carbonyl (C=O) groups is 2. The number of amides is 2. The van der Waals surface area contributed by atoms with Crippen LogP contribution in [0.4, 0.5) is 0 Å². The quantitative estimate of drug-likeness (QED) is 0.840. The second-order valence-corrected chi connectivity index (χ2v) is 6.43. The summed E-state index contributed by atoms with van der Waals surface area (Å²) in [5.41, 5.74) is 6.17. The van der Waals surface area contributed by atoms with Crippen LogP contribution in [0, 0.1) is 0 Å². The molecular formula is C19H19ClN2O4. The fraction of sp³-hybridized carbons (Fsp3) is 0.263. The Morgan fingerprint density at radius 1 is 1.08 bits per heavy atom. The highest BCUT2D eigenvalue weighted by atomic mass is 35.5. The minimum atomic E-state index is -0.495. The molecule has 1 aliphatic heterocycles. The van der Waals surface area contributed by atoms with Gasteiger partial charge in [0.1, 0.15) is 11.9 Å². The topological polar surface area (TPSA) is 90.7 Å². The minimum absolute atomic E-state index is 0.189. The van der Waals surface area contributed by atoms with Crippen molar-refractivity contribution in [3.63, 3.8) is 0 Å². The number of primary amides is 1. The van der Waals surface area contributed by atoms with E-state index in [2.05, 4.69) is 5.32 Å². The summed E-state index contributed by atoms with van der Waals surface area (Å²) in [6.07, 6.45) is 0.308. The Kier molecular flexibility index (Phi) is 5.75. The van der Waals surface area contributed by atoms with Gasteiger partial charge in [-0.2, -0.15) is 0 Å². The Bertz CT molecular complexity index is 777. The Balaban J connectivity index is 1.66. The summed E-state index contributed by atoms with van der Waals surface area (Å²) in [5, 5.41) is 3.57. The molecule has 2 atom stereocenters. The summed E-state index contributed by atoms with van der Waals surface area (Å²) >= 11 is 5.86. The number of ether oxygens (including phenoxy) is 2. The third-order valence-corrected chi connectivity index (χ3v) is 4.41. The van der Waals surface area contributed by atoms with E-state index in [9.17, 15) is 9.59 Å².